The molecule has 2 aliphatic heterocycles. The third-order valence-corrected chi connectivity index (χ3v) is 7.68. The topological polar surface area (TPSA) is 32.1 Å². The van der Waals surface area contributed by atoms with Crippen LogP contribution in [0.2, 0.25) is 0 Å². The van der Waals surface area contributed by atoms with Crippen LogP contribution in [0.15, 0.2) is 84.9 Å². The van der Waals surface area contributed by atoms with Gasteiger partial charge in [-0.2, -0.15) is 0 Å². The smallest absolute Gasteiger partial charge is 0.178 e. The lowest BCUT2D eigenvalue weighted by molar-refractivity contribution is -0.837. The molecule has 0 unspecified atom stereocenters. The van der Waals surface area contributed by atoms with E-state index in [-0.39, 0.29) is 0 Å². The summed E-state index contributed by atoms with van der Waals surface area (Å²) in [5.74, 6) is 2.58. The van der Waals surface area contributed by atoms with Crippen molar-refractivity contribution in [2.75, 3.05) is 27.3 Å². The SMILES string of the molecule is COc1ccc(C2(c3ccc(OC)cc3)C=Cc3c(cc([NH+]4CCCCC4)c4ccccc34)O2)cc1. The number of rotatable bonds is 5. The van der Waals surface area contributed by atoms with Crippen molar-refractivity contribution in [1.29, 1.82) is 0 Å². The predicted octanol–water partition coefficient (Wildman–Crippen LogP) is 5.91. The average molecular weight is 479 g/mol. The molecule has 0 amide bonds. The molecule has 0 spiro atoms. The first-order valence-electron chi connectivity index (χ1n) is 12.8. The van der Waals surface area contributed by atoms with Crippen molar-refractivity contribution in [3.63, 3.8) is 0 Å². The van der Waals surface area contributed by atoms with Crippen molar-refractivity contribution in [1.82, 2.24) is 0 Å². The van der Waals surface area contributed by atoms with Crippen LogP contribution in [-0.4, -0.2) is 27.3 Å². The Morgan fingerprint density at radius 3 is 1.89 bits per heavy atom. The molecule has 0 radical (unpaired) electrons. The van der Waals surface area contributed by atoms with E-state index in [4.69, 9.17) is 14.2 Å². The molecule has 4 aromatic carbocycles. The largest absolute Gasteiger partial charge is 0.497 e. The molecular formula is C32H32NO3+. The second kappa shape index (κ2) is 9.36. The number of benzene rings is 4. The number of nitrogens with one attached hydrogen (secondary N) is 1. The number of piperidine rings is 1. The number of ether oxygens (including phenoxy) is 3. The van der Waals surface area contributed by atoms with Crippen molar-refractivity contribution in [3.8, 4) is 17.2 Å². The van der Waals surface area contributed by atoms with Gasteiger partial charge in [0.25, 0.3) is 0 Å². The molecule has 2 aliphatic rings. The number of methoxy groups -OCH3 is 2. The number of quaternary nitrogens is 1. The van der Waals surface area contributed by atoms with Crippen LogP contribution in [0.4, 0.5) is 5.69 Å². The molecule has 0 aromatic heterocycles. The Kier molecular flexibility index (Phi) is 5.90. The number of hydrogen-bond donors (Lipinski definition) is 1. The van der Waals surface area contributed by atoms with Gasteiger partial charge in [-0.25, -0.2) is 0 Å². The van der Waals surface area contributed by atoms with Gasteiger partial charge in [0.15, 0.2) is 5.60 Å². The minimum absolute atomic E-state index is 0.761. The highest BCUT2D eigenvalue weighted by atomic mass is 16.5. The summed E-state index contributed by atoms with van der Waals surface area (Å²) in [6, 6.07) is 27.4. The van der Waals surface area contributed by atoms with Crippen LogP contribution in [0.1, 0.15) is 36.0 Å². The van der Waals surface area contributed by atoms with Gasteiger partial charge in [-0.1, -0.05) is 42.5 Å². The van der Waals surface area contributed by atoms with Crippen molar-refractivity contribution < 1.29 is 19.1 Å². The third-order valence-electron chi connectivity index (χ3n) is 7.68. The monoisotopic (exact) mass is 478 g/mol. The lowest BCUT2D eigenvalue weighted by Crippen LogP contribution is -3.08. The fourth-order valence-electron chi connectivity index (χ4n) is 5.73. The van der Waals surface area contributed by atoms with Gasteiger partial charge < -0.3 is 19.1 Å². The molecule has 0 saturated carbocycles. The van der Waals surface area contributed by atoms with E-state index in [2.05, 4.69) is 66.7 Å². The first kappa shape index (κ1) is 22.7. The Morgan fingerprint density at radius 1 is 0.722 bits per heavy atom. The Labute approximate surface area is 212 Å². The molecule has 1 N–H and O–H groups in total. The average Bonchev–Trinajstić information content (AvgIpc) is 2.97. The number of hydrogen-bond acceptors (Lipinski definition) is 3. The van der Waals surface area contributed by atoms with Gasteiger partial charge in [0.2, 0.25) is 0 Å². The van der Waals surface area contributed by atoms with Gasteiger partial charge in [0, 0.05) is 28.1 Å². The van der Waals surface area contributed by atoms with Crippen LogP contribution in [0, 0.1) is 0 Å². The maximum absolute atomic E-state index is 7.10. The molecule has 4 heteroatoms. The van der Waals surface area contributed by atoms with E-state index >= 15 is 0 Å². The van der Waals surface area contributed by atoms with Gasteiger partial charge in [-0.15, -0.1) is 0 Å². The molecular weight excluding hydrogens is 446 g/mol. The van der Waals surface area contributed by atoms with Crippen LogP contribution in [0.25, 0.3) is 16.8 Å². The lowest BCUT2D eigenvalue weighted by atomic mass is 9.83. The second-order valence-electron chi connectivity index (χ2n) is 9.67. The first-order chi connectivity index (χ1) is 17.7. The van der Waals surface area contributed by atoms with E-state index in [9.17, 15) is 0 Å². The summed E-state index contributed by atoms with van der Waals surface area (Å²) >= 11 is 0. The zero-order chi connectivity index (χ0) is 24.5. The quantitative estimate of drug-likeness (QED) is 0.387. The summed E-state index contributed by atoms with van der Waals surface area (Å²) in [6.07, 6.45) is 8.29. The Bertz CT molecular complexity index is 1350. The highest BCUT2D eigenvalue weighted by Crippen LogP contribution is 2.46. The van der Waals surface area contributed by atoms with Crippen molar-refractivity contribution >= 4 is 22.5 Å². The van der Waals surface area contributed by atoms with Gasteiger partial charge >= 0.3 is 0 Å². The summed E-state index contributed by atoms with van der Waals surface area (Å²) < 4.78 is 18.0. The summed E-state index contributed by atoms with van der Waals surface area (Å²) in [6.45, 7) is 2.33. The highest BCUT2D eigenvalue weighted by Gasteiger charge is 2.38. The molecule has 2 heterocycles. The van der Waals surface area contributed by atoms with Crippen LogP contribution in [0.5, 0.6) is 17.2 Å². The standard InChI is InChI=1S/C32H31NO3/c1-34-25-14-10-23(11-15-25)32(24-12-16-26(35-2)17-13-24)19-18-29-27-8-4-5-9-28(27)30(22-31(29)36-32)33-20-6-3-7-21-33/h4-5,8-19,22H,3,6-7,20-21H2,1-2H3/p+1. The zero-order valence-electron chi connectivity index (χ0n) is 20.9. The van der Waals surface area contributed by atoms with Crippen molar-refractivity contribution in [3.05, 3.63) is 102 Å². The molecule has 182 valence electrons. The summed E-state index contributed by atoms with van der Waals surface area (Å²) in [7, 11) is 3.38. The van der Waals surface area contributed by atoms with Crippen molar-refractivity contribution in [2.24, 2.45) is 0 Å². The minimum Gasteiger partial charge on any atom is -0.497 e. The zero-order valence-corrected chi connectivity index (χ0v) is 20.9. The van der Waals surface area contributed by atoms with Gasteiger partial charge in [-0.3, -0.25) is 0 Å². The first-order valence-corrected chi connectivity index (χ1v) is 12.8. The minimum atomic E-state index is -0.761. The molecule has 0 aliphatic carbocycles. The molecule has 1 fully saturated rings. The maximum Gasteiger partial charge on any atom is 0.178 e. The van der Waals surface area contributed by atoms with Crippen LogP contribution < -0.4 is 19.1 Å². The fourth-order valence-corrected chi connectivity index (χ4v) is 5.73. The Hall–Kier alpha value is -3.76. The maximum atomic E-state index is 7.10. The van der Waals surface area contributed by atoms with E-state index in [0.29, 0.717) is 0 Å². The molecule has 4 nitrogen and oxygen atoms in total. The Balaban J connectivity index is 1.53. The molecule has 0 atom stereocenters. The lowest BCUT2D eigenvalue weighted by Gasteiger charge is -2.37. The van der Waals surface area contributed by atoms with Gasteiger partial charge in [0.05, 0.1) is 27.3 Å². The normalized spacial score (nSPS) is 16.8. The van der Waals surface area contributed by atoms with E-state index in [1.54, 1.807) is 19.1 Å². The fraction of sp³-hybridized carbons (Fsp3) is 0.250. The van der Waals surface area contributed by atoms with Gasteiger partial charge in [0.1, 0.15) is 22.9 Å². The van der Waals surface area contributed by atoms with Gasteiger partial charge in [-0.05, 0) is 67.1 Å². The summed E-state index contributed by atoms with van der Waals surface area (Å²) in [5, 5.41) is 2.57. The molecule has 1 saturated heterocycles. The number of fused-ring (bicyclic) bond motifs is 3. The van der Waals surface area contributed by atoms with Crippen LogP contribution in [0.3, 0.4) is 0 Å². The van der Waals surface area contributed by atoms with E-state index in [1.807, 2.05) is 24.3 Å². The van der Waals surface area contributed by atoms with Crippen LogP contribution in [-0.2, 0) is 5.60 Å². The summed E-state index contributed by atoms with van der Waals surface area (Å²) in [5.41, 5.74) is 3.83. The third kappa shape index (κ3) is 3.82. The van der Waals surface area contributed by atoms with E-state index in [1.165, 1.54) is 48.8 Å². The Morgan fingerprint density at radius 2 is 1.31 bits per heavy atom. The van der Waals surface area contributed by atoms with Crippen molar-refractivity contribution in [2.45, 2.75) is 24.9 Å². The van der Waals surface area contributed by atoms with E-state index < -0.39 is 5.60 Å². The van der Waals surface area contributed by atoms with E-state index in [0.717, 1.165) is 33.9 Å². The molecule has 0 bridgehead atoms. The van der Waals surface area contributed by atoms with Crippen LogP contribution >= 0.6 is 0 Å². The molecule has 36 heavy (non-hydrogen) atoms. The predicted molar refractivity (Wildman–Crippen MR) is 145 cm³/mol. The summed E-state index contributed by atoms with van der Waals surface area (Å²) in [4.78, 5) is 1.55. The highest BCUT2D eigenvalue weighted by molar-refractivity contribution is 5.99. The molecule has 6 rings (SSSR count). The molecule has 4 aromatic rings. The second-order valence-corrected chi connectivity index (χ2v) is 9.67.